The van der Waals surface area contributed by atoms with Crippen LogP contribution < -0.4 is 20.3 Å². The lowest BCUT2D eigenvalue weighted by molar-refractivity contribution is -0.122. The van der Waals surface area contributed by atoms with Crippen molar-refractivity contribution in [1.29, 1.82) is 0 Å². The summed E-state index contributed by atoms with van der Waals surface area (Å²) in [4.78, 5) is 50.0. The van der Waals surface area contributed by atoms with Gasteiger partial charge in [-0.15, -0.1) is 0 Å². The minimum Gasteiger partial charge on any atom is -0.484 e. The van der Waals surface area contributed by atoms with Gasteiger partial charge < -0.3 is 10.1 Å². The van der Waals surface area contributed by atoms with E-state index in [0.717, 1.165) is 12.1 Å². The van der Waals surface area contributed by atoms with Crippen molar-refractivity contribution in [3.8, 4) is 5.75 Å². The summed E-state index contributed by atoms with van der Waals surface area (Å²) >= 11 is 0. The quantitative estimate of drug-likeness (QED) is 0.417. The molecule has 0 saturated carbocycles. The van der Waals surface area contributed by atoms with E-state index in [1.165, 1.54) is 54.6 Å². The second-order valence-corrected chi connectivity index (χ2v) is 7.35. The number of anilines is 2. The van der Waals surface area contributed by atoms with Crippen molar-refractivity contribution in [1.82, 2.24) is 5.32 Å². The molecule has 1 aliphatic heterocycles. The van der Waals surface area contributed by atoms with Crippen LogP contribution in [-0.2, 0) is 14.4 Å². The van der Waals surface area contributed by atoms with Gasteiger partial charge in [0, 0.05) is 5.69 Å². The van der Waals surface area contributed by atoms with Gasteiger partial charge >= 0.3 is 6.03 Å². The first-order valence-corrected chi connectivity index (χ1v) is 10.3. The fourth-order valence-electron chi connectivity index (χ4n) is 3.21. The van der Waals surface area contributed by atoms with Gasteiger partial charge in [-0.3, -0.25) is 19.7 Å². The maximum atomic E-state index is 13.6. The summed E-state index contributed by atoms with van der Waals surface area (Å²) < 4.78 is 31.9. The van der Waals surface area contributed by atoms with Gasteiger partial charge in [0.15, 0.2) is 6.61 Å². The van der Waals surface area contributed by atoms with E-state index >= 15 is 0 Å². The molecule has 0 aliphatic carbocycles. The average Bonchev–Trinajstić information content (AvgIpc) is 2.82. The van der Waals surface area contributed by atoms with Crippen LogP contribution in [0.3, 0.4) is 0 Å². The summed E-state index contributed by atoms with van der Waals surface area (Å²) in [7, 11) is 0. The fourth-order valence-corrected chi connectivity index (χ4v) is 3.21. The molecule has 0 unspecified atom stereocenters. The molecule has 1 heterocycles. The third kappa shape index (κ3) is 5.56. The monoisotopic (exact) mass is 477 g/mol. The Morgan fingerprint density at radius 2 is 1.66 bits per heavy atom. The van der Waals surface area contributed by atoms with Gasteiger partial charge in [0.25, 0.3) is 17.7 Å². The molecule has 1 saturated heterocycles. The van der Waals surface area contributed by atoms with Crippen LogP contribution in [0, 0.1) is 11.6 Å². The molecule has 1 aliphatic rings. The second-order valence-electron chi connectivity index (χ2n) is 7.35. The fraction of sp³-hybridized carbons (Fsp3) is 0.0400. The summed E-state index contributed by atoms with van der Waals surface area (Å²) in [5, 5.41) is 4.62. The van der Waals surface area contributed by atoms with Gasteiger partial charge in [0.2, 0.25) is 0 Å². The average molecular weight is 477 g/mol. The van der Waals surface area contributed by atoms with Gasteiger partial charge in [-0.25, -0.2) is 18.5 Å². The van der Waals surface area contributed by atoms with E-state index in [4.69, 9.17) is 4.74 Å². The first-order valence-electron chi connectivity index (χ1n) is 10.3. The van der Waals surface area contributed by atoms with E-state index in [9.17, 15) is 28.0 Å². The molecule has 8 nitrogen and oxygen atoms in total. The highest BCUT2D eigenvalue weighted by Gasteiger charge is 2.36. The van der Waals surface area contributed by atoms with Crippen molar-refractivity contribution in [3.05, 3.63) is 95.6 Å². The highest BCUT2D eigenvalue weighted by molar-refractivity contribution is 6.39. The Morgan fingerprint density at radius 3 is 2.34 bits per heavy atom. The normalized spacial score (nSPS) is 14.6. The maximum absolute atomic E-state index is 13.6. The number of ether oxygens (including phenoxy) is 1. The van der Waals surface area contributed by atoms with Gasteiger partial charge in [-0.2, -0.15) is 0 Å². The van der Waals surface area contributed by atoms with Crippen molar-refractivity contribution < 1.29 is 32.7 Å². The molecular weight excluding hydrogens is 460 g/mol. The minimum absolute atomic E-state index is 0.0199. The third-order valence-corrected chi connectivity index (χ3v) is 4.86. The number of hydrogen-bond acceptors (Lipinski definition) is 5. The Labute approximate surface area is 197 Å². The van der Waals surface area contributed by atoms with Gasteiger partial charge in [-0.1, -0.05) is 18.2 Å². The molecule has 176 valence electrons. The summed E-state index contributed by atoms with van der Waals surface area (Å²) in [5.41, 5.74) is 0.526. The van der Waals surface area contributed by atoms with Crippen LogP contribution in [0.15, 0.2) is 78.4 Å². The molecule has 3 aromatic rings. The number of nitrogens with one attached hydrogen (secondary N) is 2. The predicted octanol–water partition coefficient (Wildman–Crippen LogP) is 3.65. The van der Waals surface area contributed by atoms with Crippen molar-refractivity contribution in [2.45, 2.75) is 0 Å². The van der Waals surface area contributed by atoms with Crippen LogP contribution in [0.5, 0.6) is 5.75 Å². The minimum atomic E-state index is -0.981. The van der Waals surface area contributed by atoms with Gasteiger partial charge in [0.1, 0.15) is 23.0 Å². The molecular formula is C25H17F2N3O5. The molecule has 5 amide bonds. The highest BCUT2D eigenvalue weighted by atomic mass is 19.1. The van der Waals surface area contributed by atoms with E-state index in [1.807, 2.05) is 0 Å². The number of carbonyl (C=O) groups is 4. The van der Waals surface area contributed by atoms with Crippen molar-refractivity contribution in [2.75, 3.05) is 16.8 Å². The molecule has 0 atom stereocenters. The SMILES string of the molecule is O=C(COc1ccc(/C=C2\C(=O)NC(=O)N(c3cccc(F)c3)C2=O)cc1)Nc1ccc(F)cc1. The zero-order chi connectivity index (χ0) is 24.9. The molecule has 0 aromatic heterocycles. The van der Waals surface area contributed by atoms with E-state index < -0.39 is 35.4 Å². The molecule has 0 radical (unpaired) electrons. The van der Waals surface area contributed by atoms with Crippen molar-refractivity contribution in [2.24, 2.45) is 0 Å². The number of rotatable bonds is 6. The van der Waals surface area contributed by atoms with Crippen LogP contribution in [0.4, 0.5) is 25.0 Å². The number of amides is 5. The number of imide groups is 2. The molecule has 4 rings (SSSR count). The lowest BCUT2D eigenvalue weighted by Gasteiger charge is -2.26. The third-order valence-electron chi connectivity index (χ3n) is 4.86. The summed E-state index contributed by atoms with van der Waals surface area (Å²) in [6.45, 7) is -0.302. The topological polar surface area (TPSA) is 105 Å². The number of barbiturate groups is 1. The molecule has 1 fully saturated rings. The number of benzene rings is 3. The Bertz CT molecular complexity index is 1340. The van der Waals surface area contributed by atoms with E-state index in [2.05, 4.69) is 10.6 Å². The number of nitrogens with zero attached hydrogens (tertiary/aromatic N) is 1. The van der Waals surface area contributed by atoms with Crippen LogP contribution in [0.2, 0.25) is 0 Å². The first-order chi connectivity index (χ1) is 16.8. The Hall–Kier alpha value is -4.86. The largest absolute Gasteiger partial charge is 0.484 e. The van der Waals surface area contributed by atoms with Crippen LogP contribution in [0.1, 0.15) is 5.56 Å². The van der Waals surface area contributed by atoms with Crippen LogP contribution in [0.25, 0.3) is 6.08 Å². The Morgan fingerprint density at radius 1 is 0.943 bits per heavy atom. The Kier molecular flexibility index (Phi) is 6.63. The number of halogens is 2. The molecule has 0 spiro atoms. The molecule has 3 aromatic carbocycles. The second kappa shape index (κ2) is 9.96. The zero-order valence-electron chi connectivity index (χ0n) is 18.0. The van der Waals surface area contributed by atoms with Gasteiger partial charge in [0.05, 0.1) is 5.69 Å². The lowest BCUT2D eigenvalue weighted by atomic mass is 10.1. The van der Waals surface area contributed by atoms with E-state index in [-0.39, 0.29) is 17.9 Å². The highest BCUT2D eigenvalue weighted by Crippen LogP contribution is 2.23. The summed E-state index contributed by atoms with van der Waals surface area (Å²) in [5.74, 6) is -2.96. The number of carbonyl (C=O) groups excluding carboxylic acids is 4. The molecule has 35 heavy (non-hydrogen) atoms. The van der Waals surface area contributed by atoms with Crippen molar-refractivity contribution in [3.63, 3.8) is 0 Å². The van der Waals surface area contributed by atoms with Crippen molar-refractivity contribution >= 4 is 41.2 Å². The molecule has 0 bridgehead atoms. The smallest absolute Gasteiger partial charge is 0.335 e. The number of hydrogen-bond donors (Lipinski definition) is 2. The maximum Gasteiger partial charge on any atom is 0.335 e. The predicted molar refractivity (Wildman–Crippen MR) is 122 cm³/mol. The standard InChI is InChI=1S/C25H17F2N3O5/c26-16-6-8-18(9-7-16)28-22(31)14-35-20-10-4-15(5-11-20)12-21-23(32)29-25(34)30(24(21)33)19-3-1-2-17(27)13-19/h1-13H,14H2,(H,28,31)(H,29,32,34)/b21-12+. The summed E-state index contributed by atoms with van der Waals surface area (Å²) in [6, 6.07) is 15.3. The summed E-state index contributed by atoms with van der Waals surface area (Å²) in [6.07, 6.45) is 1.28. The van der Waals surface area contributed by atoms with Gasteiger partial charge in [-0.05, 0) is 66.2 Å². The van der Waals surface area contributed by atoms with Crippen LogP contribution >= 0.6 is 0 Å². The van der Waals surface area contributed by atoms with E-state index in [0.29, 0.717) is 21.9 Å². The number of urea groups is 1. The van der Waals surface area contributed by atoms with Crippen LogP contribution in [-0.4, -0.2) is 30.4 Å². The zero-order valence-corrected chi connectivity index (χ0v) is 18.0. The first kappa shape index (κ1) is 23.3. The molecule has 2 N–H and O–H groups in total. The molecule has 10 heteroatoms. The lowest BCUT2D eigenvalue weighted by Crippen LogP contribution is -2.54. The van der Waals surface area contributed by atoms with E-state index in [1.54, 1.807) is 12.1 Å². The Balaban J connectivity index is 1.43.